The first kappa shape index (κ1) is 15.0. The number of hydrogen-bond acceptors (Lipinski definition) is 5. The van der Waals surface area contributed by atoms with Gasteiger partial charge in [0.25, 0.3) is 11.7 Å². The predicted octanol–water partition coefficient (Wildman–Crippen LogP) is 2.08. The quantitative estimate of drug-likeness (QED) is 0.442. The third-order valence-corrected chi connectivity index (χ3v) is 2.64. The van der Waals surface area contributed by atoms with Gasteiger partial charge in [0.2, 0.25) is 0 Å². The molecule has 112 valence electrons. The van der Waals surface area contributed by atoms with Gasteiger partial charge in [-0.25, -0.2) is 4.79 Å². The maximum Gasteiger partial charge on any atom is 0.376 e. The van der Waals surface area contributed by atoms with Gasteiger partial charge in [0.15, 0.2) is 5.76 Å². The molecule has 2 rings (SSSR count). The summed E-state index contributed by atoms with van der Waals surface area (Å²) >= 11 is 0. The van der Waals surface area contributed by atoms with E-state index in [0.717, 1.165) is 0 Å². The fraction of sp³-hybridized carbons (Fsp3) is 0. The number of carbonyl (C=O) groups is 3. The Morgan fingerprint density at radius 2 is 1.86 bits per heavy atom. The topological polar surface area (TPSA) is 117 Å². The molecular weight excluding hydrogens is 290 g/mol. The van der Waals surface area contributed by atoms with Gasteiger partial charge in [-0.1, -0.05) is 12.1 Å². The van der Waals surface area contributed by atoms with Gasteiger partial charge in [-0.2, -0.15) is 0 Å². The predicted molar refractivity (Wildman–Crippen MR) is 76.4 cm³/mol. The van der Waals surface area contributed by atoms with Crippen molar-refractivity contribution < 1.29 is 29.0 Å². The summed E-state index contributed by atoms with van der Waals surface area (Å²) in [4.78, 5) is 33.3. The van der Waals surface area contributed by atoms with Crippen LogP contribution in [0.3, 0.4) is 0 Å². The molecule has 0 aliphatic heterocycles. The molecule has 0 radical (unpaired) electrons. The number of aliphatic carboxylic acids is 1. The number of ketones is 1. The molecule has 0 aliphatic rings. The summed E-state index contributed by atoms with van der Waals surface area (Å²) in [6.07, 6.45) is 1.95. The lowest BCUT2D eigenvalue weighted by molar-refractivity contribution is -0.146. The van der Waals surface area contributed by atoms with Gasteiger partial charge >= 0.3 is 5.97 Å². The van der Waals surface area contributed by atoms with Gasteiger partial charge in [0.05, 0.1) is 6.26 Å². The summed E-state index contributed by atoms with van der Waals surface area (Å²) in [5.41, 5.74) is 0.536. The third-order valence-electron chi connectivity index (χ3n) is 2.64. The molecule has 7 heteroatoms. The van der Waals surface area contributed by atoms with Crippen LogP contribution in [0, 0.1) is 0 Å². The molecule has 1 heterocycles. The van der Waals surface area contributed by atoms with E-state index >= 15 is 0 Å². The van der Waals surface area contributed by atoms with Crippen molar-refractivity contribution in [2.24, 2.45) is 0 Å². The highest BCUT2D eigenvalue weighted by atomic mass is 16.4. The van der Waals surface area contributed by atoms with Crippen LogP contribution in [0.2, 0.25) is 0 Å². The van der Waals surface area contributed by atoms with Gasteiger partial charge in [0.1, 0.15) is 5.76 Å². The number of carbonyl (C=O) groups excluding carboxylic acids is 2. The molecule has 0 saturated heterocycles. The van der Waals surface area contributed by atoms with E-state index in [1.165, 1.54) is 30.5 Å². The summed E-state index contributed by atoms with van der Waals surface area (Å²) in [5.74, 6) is -3.80. The molecule has 0 spiro atoms. The Balaban J connectivity index is 2.18. The second-order valence-electron chi connectivity index (χ2n) is 4.21. The standard InChI is InChI=1S/C15H11NO6/c17-11(8-12(18)15(20)21)9-3-1-4-10(7-9)16-14(19)13-5-2-6-22-13/h1-8,17H,(H,16,19)(H,20,21). The van der Waals surface area contributed by atoms with Crippen LogP contribution < -0.4 is 5.32 Å². The second-order valence-corrected chi connectivity index (χ2v) is 4.21. The van der Waals surface area contributed by atoms with Crippen molar-refractivity contribution in [2.45, 2.75) is 0 Å². The number of hydrogen-bond donors (Lipinski definition) is 3. The molecule has 0 fully saturated rings. The maximum atomic E-state index is 11.8. The van der Waals surface area contributed by atoms with Crippen LogP contribution in [0.15, 0.2) is 53.2 Å². The van der Waals surface area contributed by atoms with Crippen molar-refractivity contribution >= 4 is 29.1 Å². The van der Waals surface area contributed by atoms with Crippen LogP contribution in [0.5, 0.6) is 0 Å². The number of carboxylic acid groups (broad SMARTS) is 1. The van der Waals surface area contributed by atoms with E-state index in [2.05, 4.69) is 5.32 Å². The highest BCUT2D eigenvalue weighted by Crippen LogP contribution is 2.17. The number of rotatable bonds is 5. The minimum Gasteiger partial charge on any atom is -0.507 e. The second kappa shape index (κ2) is 6.40. The maximum absolute atomic E-state index is 11.8. The number of nitrogens with one attached hydrogen (secondary N) is 1. The van der Waals surface area contributed by atoms with Crippen LogP contribution in [-0.4, -0.2) is 27.9 Å². The van der Waals surface area contributed by atoms with E-state index in [1.54, 1.807) is 12.1 Å². The molecule has 0 saturated carbocycles. The molecule has 0 aliphatic carbocycles. The number of benzene rings is 1. The zero-order valence-electron chi connectivity index (χ0n) is 11.1. The van der Waals surface area contributed by atoms with Crippen molar-refractivity contribution in [3.8, 4) is 0 Å². The first-order chi connectivity index (χ1) is 10.5. The SMILES string of the molecule is O=C(O)C(=O)C=C(O)c1cccc(NC(=O)c2ccco2)c1. The van der Waals surface area contributed by atoms with Crippen LogP contribution in [0.25, 0.3) is 5.76 Å². The Morgan fingerprint density at radius 1 is 1.09 bits per heavy atom. The minimum atomic E-state index is -1.67. The van der Waals surface area contributed by atoms with Gasteiger partial charge in [-0.15, -0.1) is 0 Å². The van der Waals surface area contributed by atoms with Crippen molar-refractivity contribution in [3.63, 3.8) is 0 Å². The summed E-state index contributed by atoms with van der Waals surface area (Å²) in [6.45, 7) is 0. The highest BCUT2D eigenvalue weighted by Gasteiger charge is 2.12. The normalized spacial score (nSPS) is 11.0. The molecular formula is C15H11NO6. The van der Waals surface area contributed by atoms with Gasteiger partial charge in [-0.05, 0) is 24.3 Å². The summed E-state index contributed by atoms with van der Waals surface area (Å²) in [5, 5.41) is 20.8. The van der Waals surface area contributed by atoms with E-state index in [0.29, 0.717) is 11.8 Å². The molecule has 3 N–H and O–H groups in total. The number of furan rings is 1. The fourth-order valence-electron chi connectivity index (χ4n) is 1.63. The van der Waals surface area contributed by atoms with Gasteiger partial charge in [0, 0.05) is 17.3 Å². The molecule has 0 unspecified atom stereocenters. The largest absolute Gasteiger partial charge is 0.507 e. The molecule has 1 aromatic heterocycles. The van der Waals surface area contributed by atoms with Crippen molar-refractivity contribution in [3.05, 3.63) is 60.1 Å². The number of aliphatic hydroxyl groups excluding tert-OH is 1. The number of anilines is 1. The van der Waals surface area contributed by atoms with Crippen molar-refractivity contribution in [2.75, 3.05) is 5.32 Å². The van der Waals surface area contributed by atoms with Crippen molar-refractivity contribution in [1.82, 2.24) is 0 Å². The summed E-state index contributed by atoms with van der Waals surface area (Å²) in [7, 11) is 0. The van der Waals surface area contributed by atoms with Crippen LogP contribution in [0.4, 0.5) is 5.69 Å². The Kier molecular flexibility index (Phi) is 4.38. The van der Waals surface area contributed by atoms with Crippen LogP contribution in [-0.2, 0) is 9.59 Å². The molecule has 2 aromatic rings. The average molecular weight is 301 g/mol. The lowest BCUT2D eigenvalue weighted by Crippen LogP contribution is -2.11. The summed E-state index contributed by atoms with van der Waals surface area (Å²) in [6, 6.07) is 9.00. The molecule has 1 aromatic carbocycles. The molecule has 1 amide bonds. The molecule has 22 heavy (non-hydrogen) atoms. The molecule has 7 nitrogen and oxygen atoms in total. The lowest BCUT2D eigenvalue weighted by atomic mass is 10.1. The van der Waals surface area contributed by atoms with Gasteiger partial charge < -0.3 is 19.9 Å². The number of carboxylic acids is 1. The van der Waals surface area contributed by atoms with Crippen molar-refractivity contribution in [1.29, 1.82) is 0 Å². The first-order valence-electron chi connectivity index (χ1n) is 6.10. The number of amides is 1. The number of aliphatic hydroxyl groups is 1. The lowest BCUT2D eigenvalue weighted by Gasteiger charge is -2.06. The van der Waals surface area contributed by atoms with Crippen LogP contribution in [0.1, 0.15) is 16.1 Å². The Hall–Kier alpha value is -3.35. The zero-order valence-corrected chi connectivity index (χ0v) is 11.1. The Morgan fingerprint density at radius 3 is 2.50 bits per heavy atom. The Labute approximate surface area is 124 Å². The van der Waals surface area contributed by atoms with Crippen LogP contribution >= 0.6 is 0 Å². The Bertz CT molecular complexity index is 745. The smallest absolute Gasteiger partial charge is 0.376 e. The monoisotopic (exact) mass is 301 g/mol. The van der Waals surface area contributed by atoms with E-state index in [9.17, 15) is 19.5 Å². The van der Waals surface area contributed by atoms with E-state index in [-0.39, 0.29) is 11.3 Å². The molecule has 0 atom stereocenters. The molecule has 0 bridgehead atoms. The minimum absolute atomic E-state index is 0.117. The third kappa shape index (κ3) is 3.60. The fourth-order valence-corrected chi connectivity index (χ4v) is 1.63. The first-order valence-corrected chi connectivity index (χ1v) is 6.10. The van der Waals surface area contributed by atoms with Gasteiger partial charge in [-0.3, -0.25) is 9.59 Å². The van der Waals surface area contributed by atoms with E-state index in [4.69, 9.17) is 9.52 Å². The average Bonchev–Trinajstić information content (AvgIpc) is 3.01. The van der Waals surface area contributed by atoms with E-state index in [1.807, 2.05) is 0 Å². The highest BCUT2D eigenvalue weighted by molar-refractivity contribution is 6.38. The summed E-state index contributed by atoms with van der Waals surface area (Å²) < 4.78 is 4.94. The van der Waals surface area contributed by atoms with E-state index < -0.39 is 23.4 Å². The zero-order chi connectivity index (χ0) is 16.1.